The van der Waals surface area contributed by atoms with Crippen LogP contribution in [0.25, 0.3) is 0 Å². The topological polar surface area (TPSA) is 75.6 Å². The maximum absolute atomic E-state index is 13.1. The quantitative estimate of drug-likeness (QED) is 0.482. The van der Waals surface area contributed by atoms with Crippen LogP contribution in [0.15, 0.2) is 77.6 Å². The highest BCUT2D eigenvalue weighted by molar-refractivity contribution is 5.98. The number of benzene rings is 2. The van der Waals surface area contributed by atoms with Crippen molar-refractivity contribution in [1.29, 1.82) is 0 Å². The van der Waals surface area contributed by atoms with Crippen molar-refractivity contribution in [3.05, 3.63) is 94.3 Å². The number of aliphatic carboxylic acids is 1. The van der Waals surface area contributed by atoms with Gasteiger partial charge in [0.05, 0.1) is 23.7 Å². The maximum atomic E-state index is 13.1. The summed E-state index contributed by atoms with van der Waals surface area (Å²) in [4.78, 5) is 25.0. The lowest BCUT2D eigenvalue weighted by molar-refractivity contribution is -0.139. The number of aryl methyl sites for hydroxylation is 1. The third-order valence-corrected chi connectivity index (χ3v) is 5.89. The monoisotopic (exact) mass is 417 g/mol. The molecule has 1 saturated carbocycles. The summed E-state index contributed by atoms with van der Waals surface area (Å²) in [6, 6.07) is 18.0. The van der Waals surface area contributed by atoms with Gasteiger partial charge in [-0.15, -0.1) is 0 Å². The molecule has 2 N–H and O–H groups in total. The largest absolute Gasteiger partial charge is 0.478 e. The number of carboxylic acids is 1. The minimum absolute atomic E-state index is 0.148. The lowest BCUT2D eigenvalue weighted by Gasteiger charge is -2.27. The average Bonchev–Trinajstić information content (AvgIpc) is 3.62. The Morgan fingerprint density at radius 3 is 2.52 bits per heavy atom. The van der Waals surface area contributed by atoms with Crippen LogP contribution in [0.5, 0.6) is 0 Å². The normalized spacial score (nSPS) is 18.2. The molecule has 4 rings (SSSR count). The number of nitrogens with one attached hydrogen (secondary N) is 1. The summed E-state index contributed by atoms with van der Waals surface area (Å²) in [5, 5.41) is 12.7. The van der Waals surface area contributed by atoms with E-state index in [1.807, 2.05) is 48.5 Å². The number of carbonyl (C=O) groups excluding carboxylic acids is 1. The number of rotatable bonds is 8. The first kappa shape index (κ1) is 20.9. The Morgan fingerprint density at radius 1 is 1.06 bits per heavy atom. The minimum atomic E-state index is -1.05. The van der Waals surface area contributed by atoms with Crippen molar-refractivity contribution < 1.29 is 19.4 Å². The van der Waals surface area contributed by atoms with Crippen LogP contribution in [-0.4, -0.2) is 23.7 Å². The van der Waals surface area contributed by atoms with Gasteiger partial charge in [-0.2, -0.15) is 0 Å². The molecule has 1 fully saturated rings. The Bertz CT molecular complexity index is 1030. The Morgan fingerprint density at radius 2 is 1.81 bits per heavy atom. The summed E-state index contributed by atoms with van der Waals surface area (Å²) >= 11 is 0. The van der Waals surface area contributed by atoms with Crippen LogP contribution >= 0.6 is 0 Å². The second kappa shape index (κ2) is 9.21. The highest BCUT2D eigenvalue weighted by atomic mass is 16.5. The SMILES string of the molecule is CC1=C(C(=O)OCCCc2ccccc2)C(c2cccc(C3CC3)c2)C(C(=O)O)=CN1. The van der Waals surface area contributed by atoms with Gasteiger partial charge in [0, 0.05) is 11.9 Å². The summed E-state index contributed by atoms with van der Waals surface area (Å²) < 4.78 is 5.59. The minimum Gasteiger partial charge on any atom is -0.478 e. The number of allylic oxidation sites excluding steroid dienone is 1. The molecule has 2 aromatic carbocycles. The smallest absolute Gasteiger partial charge is 0.336 e. The van der Waals surface area contributed by atoms with Crippen LogP contribution < -0.4 is 5.32 Å². The first-order valence-electron chi connectivity index (χ1n) is 10.8. The summed E-state index contributed by atoms with van der Waals surface area (Å²) in [6.07, 6.45) is 5.32. The number of carbonyl (C=O) groups is 2. The van der Waals surface area contributed by atoms with Gasteiger partial charge < -0.3 is 15.2 Å². The van der Waals surface area contributed by atoms with Gasteiger partial charge in [-0.05, 0) is 55.2 Å². The Labute approximate surface area is 182 Å². The molecule has 2 aromatic rings. The van der Waals surface area contributed by atoms with E-state index in [4.69, 9.17) is 4.74 Å². The summed E-state index contributed by atoms with van der Waals surface area (Å²) in [5.74, 6) is -1.63. The molecule has 1 heterocycles. The van der Waals surface area contributed by atoms with Crippen LogP contribution in [0.4, 0.5) is 0 Å². The zero-order valence-corrected chi connectivity index (χ0v) is 17.6. The van der Waals surface area contributed by atoms with E-state index in [2.05, 4.69) is 11.4 Å². The number of esters is 1. The van der Waals surface area contributed by atoms with E-state index in [0.717, 1.165) is 24.8 Å². The van der Waals surface area contributed by atoms with Crippen LogP contribution in [0, 0.1) is 0 Å². The molecular formula is C26H27NO4. The van der Waals surface area contributed by atoms with Crippen molar-refractivity contribution in [3.63, 3.8) is 0 Å². The predicted octanol–water partition coefficient (Wildman–Crippen LogP) is 4.67. The molecule has 0 amide bonds. The third kappa shape index (κ3) is 4.88. The molecule has 1 atom stereocenters. The molecule has 0 bridgehead atoms. The number of carboxylic acid groups (broad SMARTS) is 1. The Kier molecular flexibility index (Phi) is 6.21. The second-order valence-electron chi connectivity index (χ2n) is 8.19. The van der Waals surface area contributed by atoms with Crippen molar-refractivity contribution in [3.8, 4) is 0 Å². The number of dihydropyridines is 1. The molecule has 5 nitrogen and oxygen atoms in total. The molecule has 1 unspecified atom stereocenters. The van der Waals surface area contributed by atoms with Gasteiger partial charge in [-0.3, -0.25) is 0 Å². The Hall–Kier alpha value is -3.34. The molecule has 2 aliphatic rings. The predicted molar refractivity (Wildman–Crippen MR) is 118 cm³/mol. The fourth-order valence-corrected chi connectivity index (χ4v) is 4.09. The Balaban J connectivity index is 1.52. The second-order valence-corrected chi connectivity index (χ2v) is 8.19. The molecule has 0 saturated heterocycles. The number of hydrogen-bond donors (Lipinski definition) is 2. The summed E-state index contributed by atoms with van der Waals surface area (Å²) in [7, 11) is 0. The van der Waals surface area contributed by atoms with E-state index in [9.17, 15) is 14.7 Å². The van der Waals surface area contributed by atoms with Crippen LogP contribution in [0.2, 0.25) is 0 Å². The molecule has 1 aliphatic heterocycles. The molecule has 1 aliphatic carbocycles. The van der Waals surface area contributed by atoms with E-state index in [1.54, 1.807) is 6.92 Å². The van der Waals surface area contributed by atoms with Crippen molar-refractivity contribution in [2.75, 3.05) is 6.61 Å². The van der Waals surface area contributed by atoms with Gasteiger partial charge >= 0.3 is 11.9 Å². The fraction of sp³-hybridized carbons (Fsp3) is 0.308. The van der Waals surface area contributed by atoms with Crippen molar-refractivity contribution in [2.45, 2.75) is 44.4 Å². The summed E-state index contributed by atoms with van der Waals surface area (Å²) in [5.41, 5.74) is 4.35. The van der Waals surface area contributed by atoms with Gasteiger partial charge in [-0.1, -0.05) is 54.6 Å². The van der Waals surface area contributed by atoms with Gasteiger partial charge in [0.25, 0.3) is 0 Å². The van der Waals surface area contributed by atoms with E-state index in [-0.39, 0.29) is 12.2 Å². The highest BCUT2D eigenvalue weighted by Crippen LogP contribution is 2.43. The zero-order chi connectivity index (χ0) is 21.8. The van der Waals surface area contributed by atoms with Crippen LogP contribution in [0.3, 0.4) is 0 Å². The first-order valence-corrected chi connectivity index (χ1v) is 10.8. The molecule has 0 radical (unpaired) electrons. The van der Waals surface area contributed by atoms with Gasteiger partial charge in [-0.25, -0.2) is 9.59 Å². The molecule has 0 aromatic heterocycles. The fourth-order valence-electron chi connectivity index (χ4n) is 4.09. The average molecular weight is 418 g/mol. The van der Waals surface area contributed by atoms with Crippen molar-refractivity contribution in [2.24, 2.45) is 0 Å². The number of ether oxygens (including phenoxy) is 1. The van der Waals surface area contributed by atoms with Crippen LogP contribution in [0.1, 0.15) is 54.7 Å². The van der Waals surface area contributed by atoms with Crippen molar-refractivity contribution in [1.82, 2.24) is 5.32 Å². The van der Waals surface area contributed by atoms with Crippen molar-refractivity contribution >= 4 is 11.9 Å². The molecular weight excluding hydrogens is 390 g/mol. The first-order chi connectivity index (χ1) is 15.0. The molecule has 31 heavy (non-hydrogen) atoms. The van der Waals surface area contributed by atoms with Crippen LogP contribution in [-0.2, 0) is 20.7 Å². The third-order valence-electron chi connectivity index (χ3n) is 5.89. The molecule has 0 spiro atoms. The zero-order valence-electron chi connectivity index (χ0n) is 17.6. The standard InChI is InChI=1S/C26H27NO4/c1-17-23(26(30)31-14-6-9-18-7-3-2-4-8-18)24(22(16-27-17)25(28)29)21-11-5-10-20(15-21)19-12-13-19/h2-5,7-8,10-11,15-16,19,24,27H,6,9,12-14H2,1H3,(H,28,29). The number of hydrogen-bond acceptors (Lipinski definition) is 4. The van der Waals surface area contributed by atoms with Gasteiger partial charge in [0.1, 0.15) is 0 Å². The lowest BCUT2D eigenvalue weighted by atomic mass is 9.81. The van der Waals surface area contributed by atoms with E-state index in [0.29, 0.717) is 23.6 Å². The van der Waals surface area contributed by atoms with E-state index in [1.165, 1.54) is 17.3 Å². The lowest BCUT2D eigenvalue weighted by Crippen LogP contribution is -2.29. The summed E-state index contributed by atoms with van der Waals surface area (Å²) in [6.45, 7) is 2.07. The highest BCUT2D eigenvalue weighted by Gasteiger charge is 2.36. The van der Waals surface area contributed by atoms with E-state index >= 15 is 0 Å². The van der Waals surface area contributed by atoms with Gasteiger partial charge in [0.2, 0.25) is 0 Å². The van der Waals surface area contributed by atoms with E-state index < -0.39 is 17.9 Å². The molecule has 160 valence electrons. The maximum Gasteiger partial charge on any atom is 0.336 e. The molecule has 5 heteroatoms. The van der Waals surface area contributed by atoms with Gasteiger partial charge in [0.15, 0.2) is 0 Å².